The Morgan fingerprint density at radius 2 is 2.16 bits per heavy atom. The molecule has 19 heavy (non-hydrogen) atoms. The lowest BCUT2D eigenvalue weighted by Gasteiger charge is -2.11. The maximum absolute atomic E-state index is 11.6. The normalized spacial score (nSPS) is 11.0. The minimum atomic E-state index is -0.564. The first-order valence-electron chi connectivity index (χ1n) is 5.63. The Morgan fingerprint density at radius 1 is 1.42 bits per heavy atom. The first kappa shape index (κ1) is 12.8. The van der Waals surface area contributed by atoms with E-state index in [2.05, 4.69) is 4.98 Å². The molecule has 6 nitrogen and oxygen atoms in total. The molecule has 1 aromatic heterocycles. The Labute approximate surface area is 109 Å². The van der Waals surface area contributed by atoms with E-state index >= 15 is 0 Å². The van der Waals surface area contributed by atoms with Crippen LogP contribution in [-0.2, 0) is 9.59 Å². The average Bonchev–Trinajstić information content (AvgIpc) is 2.77. The van der Waals surface area contributed by atoms with Gasteiger partial charge in [0.25, 0.3) is 0 Å². The van der Waals surface area contributed by atoms with Gasteiger partial charge in [0.2, 0.25) is 17.7 Å². The molecule has 2 amide bonds. The zero-order chi connectivity index (χ0) is 13.8. The van der Waals surface area contributed by atoms with Crippen LogP contribution in [0.2, 0.25) is 0 Å². The van der Waals surface area contributed by atoms with Gasteiger partial charge in [0.05, 0.1) is 6.54 Å². The highest BCUT2D eigenvalue weighted by Crippen LogP contribution is 2.15. The molecule has 0 aliphatic carbocycles. The van der Waals surface area contributed by atoms with E-state index in [1.54, 1.807) is 6.07 Å². The van der Waals surface area contributed by atoms with Crippen molar-refractivity contribution in [2.45, 2.75) is 0 Å². The smallest absolute Gasteiger partial charge is 0.246 e. The number of nitrogens with two attached hydrogens (primary N) is 1. The predicted molar refractivity (Wildman–Crippen MR) is 69.9 cm³/mol. The van der Waals surface area contributed by atoms with Crippen LogP contribution in [0.1, 0.15) is 5.89 Å². The number of carbonyl (C=O) groups excluding carboxylic acids is 2. The Bertz CT molecular complexity index is 612. The Balaban J connectivity index is 2.09. The fourth-order valence-corrected chi connectivity index (χ4v) is 1.54. The highest BCUT2D eigenvalue weighted by atomic mass is 16.3. The second-order valence-electron chi connectivity index (χ2n) is 4.01. The molecular weight excluding hydrogens is 246 g/mol. The summed E-state index contributed by atoms with van der Waals surface area (Å²) in [7, 11) is 1.49. The van der Waals surface area contributed by atoms with E-state index in [1.165, 1.54) is 24.1 Å². The summed E-state index contributed by atoms with van der Waals surface area (Å²) >= 11 is 0. The number of amides is 2. The van der Waals surface area contributed by atoms with Crippen LogP contribution in [0.25, 0.3) is 17.2 Å². The summed E-state index contributed by atoms with van der Waals surface area (Å²) in [5.41, 5.74) is 6.38. The number of aromatic nitrogens is 1. The highest BCUT2D eigenvalue weighted by Gasteiger charge is 2.08. The number of nitrogens with zero attached hydrogens (tertiary/aromatic N) is 2. The number of hydrogen-bond acceptors (Lipinski definition) is 4. The third-order valence-electron chi connectivity index (χ3n) is 2.45. The molecule has 0 saturated heterocycles. The number of likely N-dealkylation sites (N-methyl/N-ethyl adjacent to an activating group) is 1. The molecule has 1 heterocycles. The number of fused-ring (bicyclic) bond motifs is 1. The van der Waals surface area contributed by atoms with E-state index in [0.29, 0.717) is 11.5 Å². The number of hydrogen-bond donors (Lipinski definition) is 1. The van der Waals surface area contributed by atoms with Gasteiger partial charge < -0.3 is 15.1 Å². The number of rotatable bonds is 4. The van der Waals surface area contributed by atoms with E-state index in [1.807, 2.05) is 18.2 Å². The van der Waals surface area contributed by atoms with Crippen molar-refractivity contribution < 1.29 is 14.0 Å². The van der Waals surface area contributed by atoms with Crippen molar-refractivity contribution in [2.24, 2.45) is 5.73 Å². The highest BCUT2D eigenvalue weighted by molar-refractivity contribution is 5.93. The Hall–Kier alpha value is -2.63. The maximum Gasteiger partial charge on any atom is 0.246 e. The van der Waals surface area contributed by atoms with Crippen molar-refractivity contribution in [1.82, 2.24) is 9.88 Å². The van der Waals surface area contributed by atoms with Crippen molar-refractivity contribution in [3.8, 4) is 0 Å². The minimum absolute atomic E-state index is 0.128. The molecule has 0 fully saturated rings. The van der Waals surface area contributed by atoms with Crippen LogP contribution in [0.3, 0.4) is 0 Å². The summed E-state index contributed by atoms with van der Waals surface area (Å²) in [5.74, 6) is -0.575. The summed E-state index contributed by atoms with van der Waals surface area (Å²) in [6.45, 7) is -0.128. The molecule has 0 unspecified atom stereocenters. The molecule has 98 valence electrons. The molecule has 0 saturated carbocycles. The van der Waals surface area contributed by atoms with Gasteiger partial charge >= 0.3 is 0 Å². The number of primary amides is 1. The maximum atomic E-state index is 11.6. The van der Waals surface area contributed by atoms with Gasteiger partial charge in [-0.1, -0.05) is 12.1 Å². The summed E-state index contributed by atoms with van der Waals surface area (Å²) in [5, 5.41) is 0. The third-order valence-corrected chi connectivity index (χ3v) is 2.45. The second kappa shape index (κ2) is 5.34. The lowest BCUT2D eigenvalue weighted by molar-refractivity contribution is -0.129. The van der Waals surface area contributed by atoms with Crippen LogP contribution in [0.5, 0.6) is 0 Å². The molecule has 0 spiro atoms. The van der Waals surface area contributed by atoms with Crippen LogP contribution >= 0.6 is 0 Å². The topological polar surface area (TPSA) is 89.4 Å². The summed E-state index contributed by atoms with van der Waals surface area (Å²) in [6.07, 6.45) is 2.74. The average molecular weight is 259 g/mol. The number of carbonyl (C=O) groups is 2. The van der Waals surface area contributed by atoms with Gasteiger partial charge in [0.15, 0.2) is 5.58 Å². The SMILES string of the molecule is CN(CC(N)=O)C(=O)/C=C\c1nc2ccccc2o1. The van der Waals surface area contributed by atoms with Crippen molar-refractivity contribution in [1.29, 1.82) is 0 Å². The van der Waals surface area contributed by atoms with E-state index < -0.39 is 5.91 Å². The van der Waals surface area contributed by atoms with Crippen molar-refractivity contribution in [2.75, 3.05) is 13.6 Å². The van der Waals surface area contributed by atoms with Gasteiger partial charge in [-0.3, -0.25) is 9.59 Å². The first-order valence-corrected chi connectivity index (χ1v) is 5.63. The summed E-state index contributed by atoms with van der Waals surface area (Å²) < 4.78 is 5.42. The van der Waals surface area contributed by atoms with Crippen molar-refractivity contribution in [3.63, 3.8) is 0 Å². The molecule has 0 atom stereocenters. The lowest BCUT2D eigenvalue weighted by Crippen LogP contribution is -2.34. The molecule has 2 aromatic rings. The zero-order valence-electron chi connectivity index (χ0n) is 10.4. The largest absolute Gasteiger partial charge is 0.437 e. The van der Waals surface area contributed by atoms with Crippen LogP contribution < -0.4 is 5.73 Å². The number of benzene rings is 1. The van der Waals surface area contributed by atoms with Crippen LogP contribution in [0.15, 0.2) is 34.8 Å². The van der Waals surface area contributed by atoms with Gasteiger partial charge in [-0.2, -0.15) is 0 Å². The monoisotopic (exact) mass is 259 g/mol. The quantitative estimate of drug-likeness (QED) is 0.822. The van der Waals surface area contributed by atoms with Crippen LogP contribution in [0, 0.1) is 0 Å². The van der Waals surface area contributed by atoms with Gasteiger partial charge in [0.1, 0.15) is 5.52 Å². The molecule has 2 rings (SSSR count). The zero-order valence-corrected chi connectivity index (χ0v) is 10.4. The van der Waals surface area contributed by atoms with Gasteiger partial charge in [-0.15, -0.1) is 0 Å². The molecule has 0 aliphatic rings. The number of oxazole rings is 1. The lowest BCUT2D eigenvalue weighted by atomic mass is 10.3. The molecule has 2 N–H and O–H groups in total. The fraction of sp³-hybridized carbons (Fsp3) is 0.154. The number of para-hydroxylation sites is 2. The van der Waals surface area contributed by atoms with E-state index in [-0.39, 0.29) is 12.5 Å². The minimum Gasteiger partial charge on any atom is -0.437 e. The van der Waals surface area contributed by atoms with Crippen LogP contribution in [0.4, 0.5) is 0 Å². The summed E-state index contributed by atoms with van der Waals surface area (Å²) in [4.78, 5) is 27.7. The Kier molecular flexibility index (Phi) is 3.61. The second-order valence-corrected chi connectivity index (χ2v) is 4.01. The molecule has 0 aliphatic heterocycles. The Morgan fingerprint density at radius 3 is 2.84 bits per heavy atom. The van der Waals surface area contributed by atoms with Crippen LogP contribution in [-0.4, -0.2) is 35.3 Å². The van der Waals surface area contributed by atoms with Gasteiger partial charge in [0, 0.05) is 19.2 Å². The van der Waals surface area contributed by atoms with Gasteiger partial charge in [-0.05, 0) is 12.1 Å². The van der Waals surface area contributed by atoms with E-state index in [4.69, 9.17) is 10.2 Å². The molecule has 0 bridgehead atoms. The standard InChI is InChI=1S/C13H13N3O3/c1-16(8-11(14)17)13(18)7-6-12-15-9-4-2-3-5-10(9)19-12/h2-7H,8H2,1H3,(H2,14,17)/b7-6-. The molecule has 6 heteroatoms. The van der Waals surface area contributed by atoms with Crippen molar-refractivity contribution in [3.05, 3.63) is 36.2 Å². The third kappa shape index (κ3) is 3.19. The summed E-state index contributed by atoms with van der Waals surface area (Å²) in [6, 6.07) is 7.30. The molecule has 1 aromatic carbocycles. The fourth-order valence-electron chi connectivity index (χ4n) is 1.54. The molecular formula is C13H13N3O3. The predicted octanol–water partition coefficient (Wildman–Crippen LogP) is 0.785. The van der Waals surface area contributed by atoms with Crippen molar-refractivity contribution >= 4 is 29.0 Å². The van der Waals surface area contributed by atoms with Gasteiger partial charge in [-0.25, -0.2) is 4.98 Å². The van der Waals surface area contributed by atoms with E-state index in [9.17, 15) is 9.59 Å². The first-order chi connectivity index (χ1) is 9.06. The van der Waals surface area contributed by atoms with E-state index in [0.717, 1.165) is 5.52 Å². The molecule has 0 radical (unpaired) electrons.